The molecule has 0 N–H and O–H groups in total. The lowest BCUT2D eigenvalue weighted by molar-refractivity contribution is -0.121. The quantitative estimate of drug-likeness (QED) is 0.631. The van der Waals surface area contributed by atoms with Gasteiger partial charge < -0.3 is 0 Å². The van der Waals surface area contributed by atoms with Crippen LogP contribution in [0.3, 0.4) is 0 Å². The van der Waals surface area contributed by atoms with E-state index in [-0.39, 0.29) is 18.2 Å². The van der Waals surface area contributed by atoms with Gasteiger partial charge in [0.15, 0.2) is 5.16 Å². The molecule has 0 radical (unpaired) electrons. The highest BCUT2D eigenvalue weighted by Crippen LogP contribution is 2.34. The fourth-order valence-electron chi connectivity index (χ4n) is 3.38. The lowest BCUT2D eigenvalue weighted by Crippen LogP contribution is -2.31. The topological polar surface area (TPSA) is 80.5 Å². The van der Waals surface area contributed by atoms with Gasteiger partial charge in [0, 0.05) is 17.8 Å². The zero-order chi connectivity index (χ0) is 20.0. The van der Waals surface area contributed by atoms with E-state index < -0.39 is 5.25 Å². The number of aromatic nitrogens is 4. The molecule has 1 saturated heterocycles. The van der Waals surface area contributed by atoms with Crippen LogP contribution in [0.15, 0.2) is 35.5 Å². The van der Waals surface area contributed by atoms with Crippen molar-refractivity contribution >= 4 is 35.0 Å². The highest BCUT2D eigenvalue weighted by Gasteiger charge is 2.41. The zero-order valence-electron chi connectivity index (χ0n) is 16.2. The average Bonchev–Trinajstić information content (AvgIpc) is 3.16. The first-order valence-electron chi connectivity index (χ1n) is 9.18. The van der Waals surface area contributed by atoms with Crippen LogP contribution < -0.4 is 4.90 Å². The van der Waals surface area contributed by atoms with Gasteiger partial charge in [-0.15, -0.1) is 10.2 Å². The van der Waals surface area contributed by atoms with Crippen molar-refractivity contribution in [2.75, 3.05) is 4.90 Å². The molecule has 8 heteroatoms. The molecule has 144 valence electrons. The van der Waals surface area contributed by atoms with Crippen molar-refractivity contribution in [3.05, 3.63) is 47.3 Å². The first kappa shape index (κ1) is 18.6. The van der Waals surface area contributed by atoms with Gasteiger partial charge in [-0.25, -0.2) is 9.88 Å². The summed E-state index contributed by atoms with van der Waals surface area (Å²) in [5, 5.41) is 8.33. The summed E-state index contributed by atoms with van der Waals surface area (Å²) < 4.78 is 1.81. The van der Waals surface area contributed by atoms with Gasteiger partial charge in [-0.1, -0.05) is 37.7 Å². The molecule has 1 atom stereocenters. The number of carbonyl (C=O) groups excluding carboxylic acids is 2. The standard InChI is InChI=1S/C20H21N5O2S/c1-11(2)14-5-7-15(8-6-14)25-17(26)10-16(18(25)27)28-20-23-22-19-21-12(3)9-13(4)24(19)20/h5-9,11,16H,10H2,1-4H3/t16-/m1/s1. The molecule has 1 fully saturated rings. The van der Waals surface area contributed by atoms with Gasteiger partial charge >= 0.3 is 0 Å². The van der Waals surface area contributed by atoms with E-state index in [9.17, 15) is 9.59 Å². The Bertz CT molecular complexity index is 1070. The summed E-state index contributed by atoms with van der Waals surface area (Å²) >= 11 is 1.26. The van der Waals surface area contributed by atoms with Crippen molar-refractivity contribution in [2.24, 2.45) is 0 Å². The van der Waals surface area contributed by atoms with Crippen LogP contribution in [0.25, 0.3) is 5.78 Å². The van der Waals surface area contributed by atoms with Crippen LogP contribution in [-0.2, 0) is 9.59 Å². The summed E-state index contributed by atoms with van der Waals surface area (Å²) in [4.78, 5) is 31.1. The second-order valence-electron chi connectivity index (χ2n) is 7.28. The summed E-state index contributed by atoms with van der Waals surface area (Å²) in [5.74, 6) is 0.475. The number of rotatable bonds is 4. The van der Waals surface area contributed by atoms with Crippen molar-refractivity contribution in [3.8, 4) is 0 Å². The number of thioether (sulfide) groups is 1. The SMILES string of the molecule is Cc1cc(C)n2c(S[C@@H]3CC(=O)N(c4ccc(C(C)C)cc4)C3=O)nnc2n1. The molecule has 3 aromatic rings. The molecule has 0 aliphatic carbocycles. The molecule has 2 aromatic heterocycles. The van der Waals surface area contributed by atoms with Crippen LogP contribution >= 0.6 is 11.8 Å². The molecule has 1 aliphatic heterocycles. The lowest BCUT2D eigenvalue weighted by Gasteiger charge is -2.16. The molecular weight excluding hydrogens is 374 g/mol. The van der Waals surface area contributed by atoms with Crippen molar-refractivity contribution in [2.45, 2.75) is 50.4 Å². The first-order valence-corrected chi connectivity index (χ1v) is 10.1. The lowest BCUT2D eigenvalue weighted by atomic mass is 10.0. The number of fused-ring (bicyclic) bond motifs is 1. The third-order valence-electron chi connectivity index (χ3n) is 4.83. The van der Waals surface area contributed by atoms with Gasteiger partial charge in [-0.05, 0) is 43.5 Å². The molecule has 2 amide bonds. The van der Waals surface area contributed by atoms with E-state index >= 15 is 0 Å². The molecule has 4 rings (SSSR count). The molecule has 7 nitrogen and oxygen atoms in total. The highest BCUT2D eigenvalue weighted by atomic mass is 32.2. The molecule has 28 heavy (non-hydrogen) atoms. The fraction of sp³-hybridized carbons (Fsp3) is 0.350. The van der Waals surface area contributed by atoms with Crippen molar-refractivity contribution in [1.82, 2.24) is 19.6 Å². The average molecular weight is 395 g/mol. The first-order chi connectivity index (χ1) is 13.3. The Morgan fingerprint density at radius 1 is 1.11 bits per heavy atom. The minimum atomic E-state index is -0.523. The van der Waals surface area contributed by atoms with Crippen LogP contribution in [0.4, 0.5) is 5.69 Å². The van der Waals surface area contributed by atoms with Gasteiger partial charge in [-0.3, -0.25) is 14.0 Å². The Hall–Kier alpha value is -2.74. The third kappa shape index (κ3) is 3.17. The van der Waals surface area contributed by atoms with Crippen molar-refractivity contribution < 1.29 is 9.59 Å². The summed E-state index contributed by atoms with van der Waals surface area (Å²) in [5.41, 5.74) is 3.58. The second kappa shape index (κ2) is 7.01. The second-order valence-corrected chi connectivity index (χ2v) is 8.45. The monoisotopic (exact) mass is 395 g/mol. The summed E-state index contributed by atoms with van der Waals surface area (Å²) in [6.45, 7) is 8.06. The third-order valence-corrected chi connectivity index (χ3v) is 5.96. The van der Waals surface area contributed by atoms with Gasteiger partial charge in [0.05, 0.1) is 5.69 Å². The molecule has 0 bridgehead atoms. The Labute approximate surface area is 167 Å². The van der Waals surface area contributed by atoms with E-state index in [1.165, 1.54) is 22.2 Å². The largest absolute Gasteiger partial charge is 0.274 e. The molecule has 3 heterocycles. The van der Waals surface area contributed by atoms with E-state index in [2.05, 4.69) is 29.0 Å². The molecule has 0 saturated carbocycles. The van der Waals surface area contributed by atoms with Gasteiger partial charge in [0.25, 0.3) is 5.78 Å². The number of carbonyl (C=O) groups is 2. The molecule has 0 unspecified atom stereocenters. The molecule has 0 spiro atoms. The van der Waals surface area contributed by atoms with Gasteiger partial charge in [0.1, 0.15) is 5.25 Å². The smallest absolute Gasteiger partial charge is 0.256 e. The Morgan fingerprint density at radius 3 is 2.50 bits per heavy atom. The maximum atomic E-state index is 12.9. The Balaban J connectivity index is 1.59. The van der Waals surface area contributed by atoms with Crippen LogP contribution in [0.5, 0.6) is 0 Å². The molecular formula is C20H21N5O2S. The van der Waals surface area contributed by atoms with E-state index in [4.69, 9.17) is 0 Å². The Kier molecular flexibility index (Phi) is 4.66. The van der Waals surface area contributed by atoms with Gasteiger partial charge in [0.2, 0.25) is 11.8 Å². The number of benzene rings is 1. The molecule has 1 aliphatic rings. The highest BCUT2D eigenvalue weighted by molar-refractivity contribution is 8.00. The minimum Gasteiger partial charge on any atom is -0.274 e. The number of aryl methyl sites for hydroxylation is 2. The maximum absolute atomic E-state index is 12.9. The predicted octanol–water partition coefficient (Wildman–Crippen LogP) is 3.29. The number of amides is 2. The number of imide groups is 1. The fourth-order valence-corrected chi connectivity index (χ4v) is 4.49. The maximum Gasteiger partial charge on any atom is 0.256 e. The van der Waals surface area contributed by atoms with E-state index in [0.29, 0.717) is 22.5 Å². The zero-order valence-corrected chi connectivity index (χ0v) is 17.0. The van der Waals surface area contributed by atoms with Crippen LogP contribution in [0.2, 0.25) is 0 Å². The van der Waals surface area contributed by atoms with Crippen molar-refractivity contribution in [1.29, 1.82) is 0 Å². The number of hydrogen-bond acceptors (Lipinski definition) is 6. The van der Waals surface area contributed by atoms with Gasteiger partial charge in [-0.2, -0.15) is 0 Å². The normalized spacial score (nSPS) is 17.3. The minimum absolute atomic E-state index is 0.142. The van der Waals surface area contributed by atoms with Crippen LogP contribution in [0.1, 0.15) is 43.1 Å². The number of hydrogen-bond donors (Lipinski definition) is 0. The Morgan fingerprint density at radius 2 is 1.82 bits per heavy atom. The summed E-state index contributed by atoms with van der Waals surface area (Å²) in [6.07, 6.45) is 0.142. The van der Waals surface area contributed by atoms with Crippen LogP contribution in [0, 0.1) is 13.8 Å². The predicted molar refractivity (Wildman–Crippen MR) is 108 cm³/mol. The number of anilines is 1. The van der Waals surface area contributed by atoms with E-state index in [0.717, 1.165) is 11.4 Å². The summed E-state index contributed by atoms with van der Waals surface area (Å²) in [6, 6.07) is 9.53. The van der Waals surface area contributed by atoms with E-state index in [1.54, 1.807) is 0 Å². The molecule has 1 aromatic carbocycles. The van der Waals surface area contributed by atoms with Crippen molar-refractivity contribution in [3.63, 3.8) is 0 Å². The number of nitrogens with zero attached hydrogens (tertiary/aromatic N) is 5. The van der Waals surface area contributed by atoms with Crippen LogP contribution in [-0.4, -0.2) is 36.6 Å². The summed E-state index contributed by atoms with van der Waals surface area (Å²) in [7, 11) is 0. The van der Waals surface area contributed by atoms with E-state index in [1.807, 2.05) is 48.6 Å².